The van der Waals surface area contributed by atoms with Crippen molar-refractivity contribution in [2.45, 2.75) is 4.90 Å². The number of aromatic nitrogens is 5. The fourth-order valence-corrected chi connectivity index (χ4v) is 4.39. The van der Waals surface area contributed by atoms with Crippen LogP contribution in [-0.4, -0.2) is 77.4 Å². The number of pyridine rings is 1. The molecule has 32 heavy (non-hydrogen) atoms. The summed E-state index contributed by atoms with van der Waals surface area (Å²) in [6, 6.07) is 10.7. The minimum Gasteiger partial charge on any atom is -0.368 e. The number of nitrogens with zero attached hydrogens (tertiary/aromatic N) is 7. The van der Waals surface area contributed by atoms with Gasteiger partial charge in [0.1, 0.15) is 5.69 Å². The van der Waals surface area contributed by atoms with Gasteiger partial charge in [0.05, 0.1) is 34.9 Å². The highest BCUT2D eigenvalue weighted by Gasteiger charge is 2.16. The topological polar surface area (TPSA) is 96.6 Å². The molecule has 1 fully saturated rings. The third kappa shape index (κ3) is 3.94. The lowest BCUT2D eigenvalue weighted by molar-refractivity contribution is 0.313. The summed E-state index contributed by atoms with van der Waals surface area (Å²) in [5.41, 5.74) is 3.89. The van der Waals surface area contributed by atoms with E-state index in [2.05, 4.69) is 43.0 Å². The molecule has 0 amide bonds. The quantitative estimate of drug-likeness (QED) is 0.467. The Morgan fingerprint density at radius 1 is 0.906 bits per heavy atom. The molecule has 10 heteroatoms. The van der Waals surface area contributed by atoms with Gasteiger partial charge in [-0.3, -0.25) is 9.97 Å². The smallest absolute Gasteiger partial charge is 0.200 e. The number of anilines is 1. The van der Waals surface area contributed by atoms with E-state index in [-0.39, 0.29) is 4.90 Å². The minimum absolute atomic E-state index is 0.269. The molecule has 4 aromatic rings. The number of fused-ring (bicyclic) bond motifs is 1. The Morgan fingerprint density at radius 3 is 2.31 bits per heavy atom. The maximum atomic E-state index is 11.7. The molecule has 1 aliphatic heterocycles. The molecule has 4 heterocycles. The minimum atomic E-state index is -3.26. The van der Waals surface area contributed by atoms with Gasteiger partial charge in [-0.15, -0.1) is 5.10 Å². The van der Waals surface area contributed by atoms with Gasteiger partial charge in [0, 0.05) is 38.0 Å². The van der Waals surface area contributed by atoms with E-state index in [1.165, 1.54) is 6.26 Å². The van der Waals surface area contributed by atoms with Crippen molar-refractivity contribution in [3.8, 4) is 22.8 Å². The van der Waals surface area contributed by atoms with Crippen LogP contribution in [0.1, 0.15) is 0 Å². The molecule has 1 saturated heterocycles. The van der Waals surface area contributed by atoms with Crippen LogP contribution in [-0.2, 0) is 9.84 Å². The summed E-state index contributed by atoms with van der Waals surface area (Å²) in [4.78, 5) is 18.4. The maximum Gasteiger partial charge on any atom is 0.200 e. The molecule has 1 aromatic carbocycles. The van der Waals surface area contributed by atoms with Crippen molar-refractivity contribution in [1.29, 1.82) is 0 Å². The molecule has 1 aliphatic rings. The number of rotatable bonds is 4. The summed E-state index contributed by atoms with van der Waals surface area (Å²) in [5, 5.41) is 4.65. The Balaban J connectivity index is 1.45. The van der Waals surface area contributed by atoms with Gasteiger partial charge >= 0.3 is 0 Å². The highest BCUT2D eigenvalue weighted by atomic mass is 32.2. The average Bonchev–Trinajstić information content (AvgIpc) is 3.24. The average molecular weight is 450 g/mol. The highest BCUT2D eigenvalue weighted by Crippen LogP contribution is 2.24. The SMILES string of the molecule is CN1CCN(c2ccc(-c3nc4cncc(-c5ccc(S(C)(=O)=O)cc5)n4n3)nc2)CC1. The number of benzene rings is 1. The van der Waals surface area contributed by atoms with E-state index < -0.39 is 9.84 Å². The number of sulfone groups is 1. The van der Waals surface area contributed by atoms with Crippen LogP contribution >= 0.6 is 0 Å². The molecule has 0 radical (unpaired) electrons. The third-order valence-corrected chi connectivity index (χ3v) is 6.80. The fraction of sp³-hybridized carbons (Fsp3) is 0.273. The Kier molecular flexibility index (Phi) is 5.10. The molecule has 9 nitrogen and oxygen atoms in total. The second kappa shape index (κ2) is 7.95. The molecule has 0 N–H and O–H groups in total. The fourth-order valence-electron chi connectivity index (χ4n) is 3.76. The van der Waals surface area contributed by atoms with Gasteiger partial charge in [-0.2, -0.15) is 0 Å². The first-order valence-corrected chi connectivity index (χ1v) is 12.2. The largest absolute Gasteiger partial charge is 0.368 e. The Labute approximate surface area is 186 Å². The standard InChI is InChI=1S/C22H23N7O2S/c1-27-9-11-28(12-10-27)17-5-8-19(24-13-17)22-25-21-15-23-14-20(29(21)26-22)16-3-6-18(7-4-16)32(2,30)31/h3-8,13-15H,9-12H2,1-2H3. The summed E-state index contributed by atoms with van der Waals surface area (Å²) >= 11 is 0. The van der Waals surface area contributed by atoms with E-state index in [1.807, 2.05) is 12.3 Å². The van der Waals surface area contributed by atoms with Gasteiger partial charge in [-0.25, -0.2) is 17.9 Å². The van der Waals surface area contributed by atoms with E-state index >= 15 is 0 Å². The predicted molar refractivity (Wildman–Crippen MR) is 122 cm³/mol. The van der Waals surface area contributed by atoms with Crippen molar-refractivity contribution in [2.24, 2.45) is 0 Å². The van der Waals surface area contributed by atoms with Gasteiger partial charge in [0.2, 0.25) is 5.82 Å². The van der Waals surface area contributed by atoms with Crippen LogP contribution < -0.4 is 4.90 Å². The molecule has 0 bridgehead atoms. The lowest BCUT2D eigenvalue weighted by Crippen LogP contribution is -2.44. The second-order valence-corrected chi connectivity index (χ2v) is 10.0. The van der Waals surface area contributed by atoms with Crippen molar-refractivity contribution in [3.63, 3.8) is 0 Å². The van der Waals surface area contributed by atoms with E-state index in [4.69, 9.17) is 0 Å². The van der Waals surface area contributed by atoms with Crippen LogP contribution in [0.5, 0.6) is 0 Å². The number of likely N-dealkylation sites (N-methyl/N-ethyl adjacent to an activating group) is 1. The molecule has 3 aromatic heterocycles. The van der Waals surface area contributed by atoms with E-state index in [0.29, 0.717) is 17.2 Å². The van der Waals surface area contributed by atoms with Gasteiger partial charge in [-0.05, 0) is 31.3 Å². The summed E-state index contributed by atoms with van der Waals surface area (Å²) in [6.45, 7) is 4.04. The van der Waals surface area contributed by atoms with Crippen LogP contribution in [0.3, 0.4) is 0 Å². The third-order valence-electron chi connectivity index (χ3n) is 5.67. The molecule has 0 saturated carbocycles. The van der Waals surface area contributed by atoms with Crippen LogP contribution in [0.15, 0.2) is 59.9 Å². The van der Waals surface area contributed by atoms with Crippen LogP contribution in [0.4, 0.5) is 5.69 Å². The van der Waals surface area contributed by atoms with Crippen molar-refractivity contribution in [2.75, 3.05) is 44.4 Å². The van der Waals surface area contributed by atoms with Gasteiger partial charge in [0.25, 0.3) is 0 Å². The van der Waals surface area contributed by atoms with Crippen molar-refractivity contribution >= 4 is 21.2 Å². The van der Waals surface area contributed by atoms with Crippen molar-refractivity contribution < 1.29 is 8.42 Å². The monoisotopic (exact) mass is 449 g/mol. The van der Waals surface area contributed by atoms with Gasteiger partial charge in [-0.1, -0.05) is 12.1 Å². The van der Waals surface area contributed by atoms with Crippen LogP contribution in [0.2, 0.25) is 0 Å². The van der Waals surface area contributed by atoms with E-state index in [0.717, 1.165) is 43.1 Å². The predicted octanol–water partition coefficient (Wildman–Crippen LogP) is 2.01. The Morgan fingerprint density at radius 2 is 1.66 bits per heavy atom. The van der Waals surface area contributed by atoms with Gasteiger partial charge in [0.15, 0.2) is 15.5 Å². The summed E-state index contributed by atoms with van der Waals surface area (Å²) < 4.78 is 25.2. The molecule has 5 rings (SSSR count). The molecule has 0 unspecified atom stereocenters. The molecular formula is C22H23N7O2S. The summed E-state index contributed by atoms with van der Waals surface area (Å²) in [6.07, 6.45) is 6.39. The highest BCUT2D eigenvalue weighted by molar-refractivity contribution is 7.90. The normalized spacial score (nSPS) is 15.4. The van der Waals surface area contributed by atoms with Crippen LogP contribution in [0.25, 0.3) is 28.4 Å². The number of piperazine rings is 1. The zero-order valence-corrected chi connectivity index (χ0v) is 18.7. The lowest BCUT2D eigenvalue weighted by atomic mass is 10.2. The zero-order chi connectivity index (χ0) is 22.3. The molecule has 164 valence electrons. The maximum absolute atomic E-state index is 11.7. The molecule has 0 atom stereocenters. The second-order valence-electron chi connectivity index (χ2n) is 7.99. The van der Waals surface area contributed by atoms with Crippen LogP contribution in [0, 0.1) is 0 Å². The Hall–Kier alpha value is -3.37. The van der Waals surface area contributed by atoms with E-state index in [1.54, 1.807) is 41.2 Å². The first kappa shape index (κ1) is 20.5. The summed E-state index contributed by atoms with van der Waals surface area (Å²) in [5.74, 6) is 0.511. The first-order chi connectivity index (χ1) is 15.4. The van der Waals surface area contributed by atoms with Crippen molar-refractivity contribution in [3.05, 3.63) is 55.0 Å². The lowest BCUT2D eigenvalue weighted by Gasteiger charge is -2.33. The zero-order valence-electron chi connectivity index (χ0n) is 17.9. The Bertz CT molecular complexity index is 1360. The molecular weight excluding hydrogens is 426 g/mol. The number of hydrogen-bond donors (Lipinski definition) is 0. The first-order valence-electron chi connectivity index (χ1n) is 10.3. The van der Waals surface area contributed by atoms with Gasteiger partial charge < -0.3 is 9.80 Å². The number of hydrogen-bond acceptors (Lipinski definition) is 8. The van der Waals surface area contributed by atoms with Crippen molar-refractivity contribution in [1.82, 2.24) is 29.5 Å². The summed E-state index contributed by atoms with van der Waals surface area (Å²) in [7, 11) is -1.12. The molecule has 0 spiro atoms. The molecule has 0 aliphatic carbocycles. The van der Waals surface area contributed by atoms with E-state index in [9.17, 15) is 8.42 Å².